The van der Waals surface area contributed by atoms with E-state index in [1.807, 2.05) is 49.6 Å². The average molecular weight is 751 g/mol. The van der Waals surface area contributed by atoms with Gasteiger partial charge in [0.25, 0.3) is 11.1 Å². The summed E-state index contributed by atoms with van der Waals surface area (Å²) < 4.78 is 21.0. The number of aryl methyl sites for hydroxylation is 4. The van der Waals surface area contributed by atoms with Crippen LogP contribution in [0.25, 0.3) is 66.1 Å². The van der Waals surface area contributed by atoms with Gasteiger partial charge in [-0.05, 0) is 81.0 Å². The maximum atomic E-state index is 13.0. The van der Waals surface area contributed by atoms with Gasteiger partial charge in [-0.3, -0.25) is 9.59 Å². The molecule has 286 valence electrons. The number of hydrogen-bond acceptors (Lipinski definition) is 6. The predicted molar refractivity (Wildman–Crippen MR) is 219 cm³/mol. The summed E-state index contributed by atoms with van der Waals surface area (Å²) in [5.74, 6) is 3.13. The third kappa shape index (κ3) is 5.72. The van der Waals surface area contributed by atoms with Gasteiger partial charge in [0.1, 0.15) is 22.5 Å². The minimum atomic E-state index is -0.0607. The van der Waals surface area contributed by atoms with E-state index in [1.54, 1.807) is 23.2 Å². The Kier molecular flexibility index (Phi) is 8.37. The molecule has 0 amide bonds. The van der Waals surface area contributed by atoms with Crippen molar-refractivity contribution >= 4 is 43.9 Å². The molecule has 12 heteroatoms. The van der Waals surface area contributed by atoms with Gasteiger partial charge in [0.05, 0.1) is 47.9 Å². The van der Waals surface area contributed by atoms with Crippen molar-refractivity contribution in [2.75, 3.05) is 13.2 Å². The highest BCUT2D eigenvalue weighted by Crippen LogP contribution is 2.42. The van der Waals surface area contributed by atoms with Crippen LogP contribution in [0.15, 0.2) is 83.4 Å². The van der Waals surface area contributed by atoms with E-state index in [2.05, 4.69) is 50.3 Å². The molecule has 12 nitrogen and oxygen atoms in total. The molecule has 2 aliphatic carbocycles. The smallest absolute Gasteiger partial charge is 0.274 e. The van der Waals surface area contributed by atoms with Crippen molar-refractivity contribution in [3.05, 3.63) is 94.5 Å². The molecule has 8 aromatic rings. The van der Waals surface area contributed by atoms with Crippen LogP contribution >= 0.6 is 0 Å². The summed E-state index contributed by atoms with van der Waals surface area (Å²) in [5, 5.41) is 1.76. The molecular formula is C44H46N8O4. The molecule has 2 saturated carbocycles. The second-order valence-corrected chi connectivity index (χ2v) is 15.9. The lowest BCUT2D eigenvalue weighted by atomic mass is 9.72. The minimum absolute atomic E-state index is 0.0508. The van der Waals surface area contributed by atoms with Crippen molar-refractivity contribution in [1.29, 1.82) is 0 Å². The van der Waals surface area contributed by atoms with E-state index in [4.69, 9.17) is 19.4 Å². The summed E-state index contributed by atoms with van der Waals surface area (Å²) in [6.07, 6.45) is 18.3. The number of hydrogen-bond donors (Lipinski definition) is 2. The number of nitrogens with one attached hydrogen (secondary N) is 2. The van der Waals surface area contributed by atoms with Gasteiger partial charge in [0, 0.05) is 97.1 Å². The Bertz CT molecular complexity index is 2900. The van der Waals surface area contributed by atoms with Crippen LogP contribution in [0.1, 0.15) is 45.4 Å². The van der Waals surface area contributed by atoms with E-state index in [0.29, 0.717) is 42.0 Å². The maximum Gasteiger partial charge on any atom is 0.274 e. The molecule has 2 aromatic carbocycles. The Morgan fingerprint density at radius 1 is 0.696 bits per heavy atom. The lowest BCUT2D eigenvalue weighted by Crippen LogP contribution is -2.32. The molecule has 6 aromatic heterocycles. The van der Waals surface area contributed by atoms with Crippen molar-refractivity contribution < 1.29 is 9.47 Å². The van der Waals surface area contributed by atoms with Crippen LogP contribution in [-0.2, 0) is 27.2 Å². The molecule has 0 bridgehead atoms. The Balaban J connectivity index is 0.917. The summed E-state index contributed by atoms with van der Waals surface area (Å²) in [7, 11) is 3.59. The molecular weight excluding hydrogens is 705 g/mol. The van der Waals surface area contributed by atoms with E-state index in [9.17, 15) is 9.59 Å². The zero-order chi connectivity index (χ0) is 38.1. The number of aromatic amines is 2. The number of rotatable bonds is 12. The normalized spacial score (nSPS) is 17.3. The maximum absolute atomic E-state index is 13.0. The molecule has 0 aliphatic heterocycles. The van der Waals surface area contributed by atoms with Crippen LogP contribution in [-0.4, -0.2) is 51.4 Å². The van der Waals surface area contributed by atoms with E-state index >= 15 is 0 Å². The zero-order valence-electron chi connectivity index (χ0n) is 32.0. The molecule has 10 rings (SSSR count). The van der Waals surface area contributed by atoms with Crippen molar-refractivity contribution in [2.24, 2.45) is 31.8 Å². The van der Waals surface area contributed by atoms with Gasteiger partial charge in [-0.25, -0.2) is 9.97 Å². The average Bonchev–Trinajstić information content (AvgIpc) is 4.00. The van der Waals surface area contributed by atoms with E-state index in [-0.39, 0.29) is 11.1 Å². The van der Waals surface area contributed by atoms with Crippen LogP contribution in [0.2, 0.25) is 0 Å². The first-order chi connectivity index (χ1) is 27.3. The standard InChI is InChI=1S/C44H46N8O4/c1-4-51-24-47-35-16-31(33-20-49(2)43(53)41-29(33)10-13-45-41)40(19-38(35)51)56-23-28-9-8-27(28)12-15-52-25-48-36-18-39(55-22-26-6-5-7-26)32(17-37(36)52)34-21-50(3)44(54)42-30(34)11-14-46-42/h10-11,13-14,16-21,24-28,45-46H,4-9,12,15,22-23H2,1-3H3. The predicted octanol–water partition coefficient (Wildman–Crippen LogP) is 7.77. The lowest BCUT2D eigenvalue weighted by Gasteiger charge is -2.36. The second-order valence-electron chi connectivity index (χ2n) is 15.9. The van der Waals surface area contributed by atoms with Crippen LogP contribution in [0.5, 0.6) is 11.5 Å². The van der Waals surface area contributed by atoms with Gasteiger partial charge in [-0.15, -0.1) is 0 Å². The van der Waals surface area contributed by atoms with E-state index in [0.717, 1.165) is 98.9 Å². The molecule has 2 fully saturated rings. The molecule has 2 aliphatic rings. The molecule has 0 saturated heterocycles. The van der Waals surface area contributed by atoms with Crippen molar-refractivity contribution in [3.8, 4) is 33.8 Å². The van der Waals surface area contributed by atoms with Gasteiger partial charge in [-0.1, -0.05) is 6.42 Å². The number of fused-ring (bicyclic) bond motifs is 4. The summed E-state index contributed by atoms with van der Waals surface area (Å²) in [4.78, 5) is 41.7. The second kappa shape index (κ2) is 13.6. The van der Waals surface area contributed by atoms with Crippen LogP contribution in [0.4, 0.5) is 0 Å². The highest BCUT2D eigenvalue weighted by Gasteiger charge is 2.32. The lowest BCUT2D eigenvalue weighted by molar-refractivity contribution is 0.0941. The van der Waals surface area contributed by atoms with E-state index in [1.165, 1.54) is 19.3 Å². The third-order valence-electron chi connectivity index (χ3n) is 12.6. The third-order valence-corrected chi connectivity index (χ3v) is 12.6. The molecule has 56 heavy (non-hydrogen) atoms. The number of aromatic nitrogens is 8. The minimum Gasteiger partial charge on any atom is -0.493 e. The first kappa shape index (κ1) is 34.5. The Morgan fingerprint density at radius 2 is 1.29 bits per heavy atom. The highest BCUT2D eigenvalue weighted by atomic mass is 16.5. The fourth-order valence-corrected chi connectivity index (χ4v) is 8.83. The van der Waals surface area contributed by atoms with Crippen LogP contribution < -0.4 is 20.6 Å². The fraction of sp³-hybridized carbons (Fsp3) is 0.364. The number of pyridine rings is 2. The quantitative estimate of drug-likeness (QED) is 0.131. The van der Waals surface area contributed by atoms with Crippen molar-refractivity contribution in [3.63, 3.8) is 0 Å². The van der Waals surface area contributed by atoms with Gasteiger partial charge < -0.3 is 37.7 Å². The Labute approximate surface area is 322 Å². The van der Waals surface area contributed by atoms with Gasteiger partial charge in [0.15, 0.2) is 0 Å². The first-order valence-electron chi connectivity index (χ1n) is 19.9. The summed E-state index contributed by atoms with van der Waals surface area (Å²) in [6.45, 7) is 5.06. The van der Waals surface area contributed by atoms with Gasteiger partial charge in [-0.2, -0.15) is 0 Å². The molecule has 0 radical (unpaired) electrons. The largest absolute Gasteiger partial charge is 0.493 e. The molecule has 0 spiro atoms. The molecule has 2 N–H and O–H groups in total. The Morgan fingerprint density at radius 3 is 1.91 bits per heavy atom. The van der Waals surface area contributed by atoms with Gasteiger partial charge in [0.2, 0.25) is 0 Å². The number of H-pyrrole nitrogens is 2. The highest BCUT2D eigenvalue weighted by molar-refractivity contribution is 5.99. The number of ether oxygens (including phenoxy) is 2. The molecule has 2 atom stereocenters. The SMILES string of the molecule is CCn1cnc2cc(-c3cn(C)c(=O)c4[nH]ccc34)c(OCC3CCC3CCn3cnc4cc(OCC5CCC5)c(-c5cn(C)c(=O)c6[nH]ccc56)cc43)cc21. The summed E-state index contributed by atoms with van der Waals surface area (Å²) in [5.41, 5.74) is 8.77. The van der Waals surface area contributed by atoms with Gasteiger partial charge >= 0.3 is 0 Å². The summed E-state index contributed by atoms with van der Waals surface area (Å²) in [6, 6.07) is 12.4. The number of benzene rings is 2. The van der Waals surface area contributed by atoms with Crippen LogP contribution in [0, 0.1) is 17.8 Å². The number of imidazole rings is 2. The molecule has 2 unspecified atom stereocenters. The first-order valence-corrected chi connectivity index (χ1v) is 19.9. The zero-order valence-corrected chi connectivity index (χ0v) is 32.0. The fourth-order valence-electron chi connectivity index (χ4n) is 8.83. The topological polar surface area (TPSA) is 130 Å². The summed E-state index contributed by atoms with van der Waals surface area (Å²) >= 11 is 0. The van der Waals surface area contributed by atoms with Crippen molar-refractivity contribution in [2.45, 2.75) is 58.5 Å². The Hall–Kier alpha value is -6.04. The number of nitrogens with zero attached hydrogens (tertiary/aromatic N) is 6. The van der Waals surface area contributed by atoms with E-state index < -0.39 is 0 Å². The van der Waals surface area contributed by atoms with Crippen molar-refractivity contribution in [1.82, 2.24) is 38.2 Å². The van der Waals surface area contributed by atoms with Crippen LogP contribution in [0.3, 0.4) is 0 Å². The molecule has 6 heterocycles. The monoisotopic (exact) mass is 750 g/mol.